The number of hydrogen-bond acceptors (Lipinski definition) is 5. The van der Waals surface area contributed by atoms with Crippen LogP contribution in [-0.4, -0.2) is 53.9 Å². The van der Waals surface area contributed by atoms with Crippen molar-refractivity contribution in [2.75, 3.05) is 24.6 Å². The molecule has 9 nitrogen and oxygen atoms in total. The molecule has 10 heteroatoms. The molecule has 202 valence electrons. The van der Waals surface area contributed by atoms with Crippen molar-refractivity contribution in [3.05, 3.63) is 41.0 Å². The third-order valence-electron chi connectivity index (χ3n) is 7.38. The quantitative estimate of drug-likeness (QED) is 0.474. The maximum absolute atomic E-state index is 13.8. The van der Waals surface area contributed by atoms with Gasteiger partial charge in [-0.1, -0.05) is 20.8 Å². The van der Waals surface area contributed by atoms with E-state index in [1.165, 1.54) is 15.9 Å². The fourth-order valence-electron chi connectivity index (χ4n) is 5.46. The lowest BCUT2D eigenvalue weighted by molar-refractivity contribution is 0.0611. The number of hydrogen-bond donors (Lipinski definition) is 1. The van der Waals surface area contributed by atoms with E-state index in [1.807, 2.05) is 12.1 Å². The molecule has 37 heavy (non-hydrogen) atoms. The molecule has 1 aromatic carbocycles. The molecule has 1 fully saturated rings. The topological polar surface area (TPSA) is 107 Å². The minimum Gasteiger partial charge on any atom is -0.477 e. The SMILES string of the molecule is CCn1c(C)c(S(=O)(=O)N(C)c2ccc3c(c2)nc(C(C)(C)C)n3CC2CCOCC2)c(C)c1C(=O)O. The first kappa shape index (κ1) is 27.2. The number of nitrogens with zero attached hydrogens (tertiary/aromatic N) is 4. The zero-order valence-corrected chi connectivity index (χ0v) is 23.6. The molecule has 0 aliphatic carbocycles. The van der Waals surface area contributed by atoms with Crippen molar-refractivity contribution in [2.45, 2.75) is 77.8 Å². The zero-order valence-electron chi connectivity index (χ0n) is 22.8. The lowest BCUT2D eigenvalue weighted by Gasteiger charge is -2.26. The monoisotopic (exact) mass is 530 g/mol. The van der Waals surface area contributed by atoms with Gasteiger partial charge in [0.2, 0.25) is 0 Å². The van der Waals surface area contributed by atoms with Crippen molar-refractivity contribution in [1.82, 2.24) is 14.1 Å². The van der Waals surface area contributed by atoms with Crippen molar-refractivity contribution in [1.29, 1.82) is 0 Å². The number of sulfonamides is 1. The molecule has 0 spiro atoms. The average molecular weight is 531 g/mol. The molecule has 1 N–H and O–H groups in total. The Morgan fingerprint density at radius 1 is 1.19 bits per heavy atom. The van der Waals surface area contributed by atoms with Gasteiger partial charge in [-0.15, -0.1) is 0 Å². The summed E-state index contributed by atoms with van der Waals surface area (Å²) in [5.74, 6) is 0.333. The van der Waals surface area contributed by atoms with Gasteiger partial charge in [0.15, 0.2) is 0 Å². The summed E-state index contributed by atoms with van der Waals surface area (Å²) in [5.41, 5.74) is 2.67. The molecule has 0 amide bonds. The summed E-state index contributed by atoms with van der Waals surface area (Å²) in [6.45, 7) is 14.2. The summed E-state index contributed by atoms with van der Waals surface area (Å²) < 4.78 is 38.2. The number of ether oxygens (including phenoxy) is 1. The first-order valence-corrected chi connectivity index (χ1v) is 14.2. The lowest BCUT2D eigenvalue weighted by atomic mass is 9.94. The molecule has 0 radical (unpaired) electrons. The molecule has 4 rings (SSSR count). The molecule has 1 aliphatic rings. The van der Waals surface area contributed by atoms with Gasteiger partial charge in [0.1, 0.15) is 16.4 Å². The fourth-order valence-corrected chi connectivity index (χ4v) is 7.09. The Morgan fingerprint density at radius 3 is 2.38 bits per heavy atom. The Labute approximate surface area is 219 Å². The molecule has 2 aromatic heterocycles. The Balaban J connectivity index is 1.79. The van der Waals surface area contributed by atoms with Crippen LogP contribution in [0.5, 0.6) is 0 Å². The summed E-state index contributed by atoms with van der Waals surface area (Å²) in [7, 11) is -2.52. The predicted octanol–water partition coefficient (Wildman–Crippen LogP) is 4.72. The molecule has 0 saturated carbocycles. The summed E-state index contributed by atoms with van der Waals surface area (Å²) in [6.07, 6.45) is 2.02. The number of aromatic carboxylic acids is 1. The molecule has 3 heterocycles. The highest BCUT2D eigenvalue weighted by molar-refractivity contribution is 7.93. The van der Waals surface area contributed by atoms with Crippen LogP contribution in [0.1, 0.15) is 68.1 Å². The smallest absolute Gasteiger partial charge is 0.352 e. The molecule has 1 aliphatic heterocycles. The van der Waals surface area contributed by atoms with Crippen LogP contribution in [0.15, 0.2) is 23.1 Å². The molecular weight excluding hydrogens is 492 g/mol. The van der Waals surface area contributed by atoms with E-state index < -0.39 is 16.0 Å². The number of rotatable bonds is 7. The van der Waals surface area contributed by atoms with E-state index in [0.717, 1.165) is 49.5 Å². The van der Waals surface area contributed by atoms with Crippen molar-refractivity contribution in [3.63, 3.8) is 0 Å². The van der Waals surface area contributed by atoms with E-state index in [1.54, 1.807) is 26.8 Å². The van der Waals surface area contributed by atoms with Crippen LogP contribution in [0.2, 0.25) is 0 Å². The Hall–Kier alpha value is -2.85. The van der Waals surface area contributed by atoms with Gasteiger partial charge in [-0.05, 0) is 57.7 Å². The maximum Gasteiger partial charge on any atom is 0.352 e. The van der Waals surface area contributed by atoms with Crippen molar-refractivity contribution in [3.8, 4) is 0 Å². The normalized spacial score (nSPS) is 15.4. The summed E-state index contributed by atoms with van der Waals surface area (Å²) in [4.78, 5) is 16.9. The lowest BCUT2D eigenvalue weighted by Crippen LogP contribution is -2.27. The number of carbonyl (C=O) groups is 1. The second-order valence-electron chi connectivity index (χ2n) is 10.9. The van der Waals surface area contributed by atoms with E-state index in [0.29, 0.717) is 23.8 Å². The van der Waals surface area contributed by atoms with Crippen molar-refractivity contribution in [2.24, 2.45) is 5.92 Å². The van der Waals surface area contributed by atoms with Crippen LogP contribution >= 0.6 is 0 Å². The van der Waals surface area contributed by atoms with Gasteiger partial charge in [-0.3, -0.25) is 4.31 Å². The molecule has 0 bridgehead atoms. The number of benzene rings is 1. The van der Waals surface area contributed by atoms with Crippen LogP contribution in [-0.2, 0) is 33.3 Å². The number of imidazole rings is 1. The fraction of sp³-hybridized carbons (Fsp3) is 0.556. The van der Waals surface area contributed by atoms with Crippen LogP contribution in [0.3, 0.4) is 0 Å². The van der Waals surface area contributed by atoms with Gasteiger partial charge in [-0.25, -0.2) is 18.2 Å². The van der Waals surface area contributed by atoms with Gasteiger partial charge >= 0.3 is 5.97 Å². The predicted molar refractivity (Wildman–Crippen MR) is 144 cm³/mol. The summed E-state index contributed by atoms with van der Waals surface area (Å²) in [6, 6.07) is 5.55. The summed E-state index contributed by atoms with van der Waals surface area (Å²) >= 11 is 0. The third-order valence-corrected chi connectivity index (χ3v) is 9.43. The van der Waals surface area contributed by atoms with Crippen LogP contribution in [0.4, 0.5) is 5.69 Å². The van der Waals surface area contributed by atoms with Crippen LogP contribution in [0, 0.1) is 19.8 Å². The van der Waals surface area contributed by atoms with Crippen LogP contribution in [0.25, 0.3) is 11.0 Å². The zero-order chi connectivity index (χ0) is 27.3. The van der Waals surface area contributed by atoms with E-state index in [4.69, 9.17) is 9.72 Å². The summed E-state index contributed by atoms with van der Waals surface area (Å²) in [5, 5.41) is 9.72. The minimum atomic E-state index is -4.02. The standard InChI is InChI=1S/C27H38N4O5S/c1-8-30-18(3)24(17(2)23(30)25(32)33)37(34,35)29(7)20-9-10-22-21(15-20)28-26(27(4,5)6)31(22)16-19-11-13-36-14-12-19/h9-10,15,19H,8,11-14,16H2,1-7H3,(H,32,33). The van der Waals surface area contributed by atoms with Gasteiger partial charge in [0, 0.05) is 50.0 Å². The molecular formula is C27H38N4O5S. The average Bonchev–Trinajstić information content (AvgIpc) is 3.32. The van der Waals surface area contributed by atoms with Gasteiger partial charge in [-0.2, -0.15) is 0 Å². The first-order valence-electron chi connectivity index (χ1n) is 12.8. The second kappa shape index (κ2) is 9.79. The number of carboxylic acid groups (broad SMARTS) is 1. The highest BCUT2D eigenvalue weighted by atomic mass is 32.2. The molecule has 3 aromatic rings. The molecule has 0 atom stereocenters. The minimum absolute atomic E-state index is 0.00380. The van der Waals surface area contributed by atoms with E-state index in [9.17, 15) is 18.3 Å². The number of carboxylic acids is 1. The maximum atomic E-state index is 13.8. The highest BCUT2D eigenvalue weighted by Crippen LogP contribution is 2.34. The molecule has 1 saturated heterocycles. The highest BCUT2D eigenvalue weighted by Gasteiger charge is 2.33. The van der Waals surface area contributed by atoms with Gasteiger partial charge < -0.3 is 19.0 Å². The number of fused-ring (bicyclic) bond motifs is 1. The Bertz CT molecular complexity index is 1440. The molecule has 0 unspecified atom stereocenters. The van der Waals surface area contributed by atoms with E-state index >= 15 is 0 Å². The number of aromatic nitrogens is 3. The number of anilines is 1. The van der Waals surface area contributed by atoms with Gasteiger partial charge in [0.25, 0.3) is 10.0 Å². The van der Waals surface area contributed by atoms with Crippen molar-refractivity contribution < 1.29 is 23.1 Å². The van der Waals surface area contributed by atoms with Crippen molar-refractivity contribution >= 4 is 32.7 Å². The Kier molecular flexibility index (Phi) is 7.20. The van der Waals surface area contributed by atoms with Crippen LogP contribution < -0.4 is 4.31 Å². The largest absolute Gasteiger partial charge is 0.477 e. The van der Waals surface area contributed by atoms with E-state index in [2.05, 4.69) is 25.3 Å². The second-order valence-corrected chi connectivity index (χ2v) is 12.8. The first-order chi connectivity index (χ1) is 17.3. The van der Waals surface area contributed by atoms with E-state index in [-0.39, 0.29) is 21.6 Å². The Morgan fingerprint density at radius 2 is 1.84 bits per heavy atom. The third kappa shape index (κ3) is 4.77. The van der Waals surface area contributed by atoms with Gasteiger partial charge in [0.05, 0.1) is 16.7 Å².